The van der Waals surface area contributed by atoms with E-state index in [9.17, 15) is 14.8 Å². The molecule has 0 bridgehead atoms. The number of benzene rings is 1. The summed E-state index contributed by atoms with van der Waals surface area (Å²) in [6, 6.07) is 7.56. The number of hydrogen-bond acceptors (Lipinski definition) is 6. The lowest BCUT2D eigenvalue weighted by molar-refractivity contribution is -0.177. The van der Waals surface area contributed by atoms with E-state index in [1.807, 2.05) is 18.2 Å². The number of ether oxygens (including phenoxy) is 2. The molecule has 3 atom stereocenters. The molecule has 1 aliphatic heterocycles. The number of methoxy groups -OCH3 is 2. The van der Waals surface area contributed by atoms with Gasteiger partial charge in [0.05, 0.1) is 26.2 Å². The molecule has 0 saturated carbocycles. The summed E-state index contributed by atoms with van der Waals surface area (Å²) in [6.45, 7) is 0. The SMILES string of the molecule is COC(=O)[C@H]1C[C@@H](C(=O)OC)N(O)[C@@H]1c1ccccc1. The van der Waals surface area contributed by atoms with E-state index >= 15 is 0 Å². The molecule has 0 spiro atoms. The molecule has 20 heavy (non-hydrogen) atoms. The van der Waals surface area contributed by atoms with Gasteiger partial charge in [0.1, 0.15) is 6.04 Å². The molecule has 0 aromatic heterocycles. The van der Waals surface area contributed by atoms with Crippen LogP contribution in [0.4, 0.5) is 0 Å². The molecule has 1 heterocycles. The Labute approximate surface area is 116 Å². The lowest BCUT2D eigenvalue weighted by Gasteiger charge is -2.24. The van der Waals surface area contributed by atoms with E-state index in [1.165, 1.54) is 14.2 Å². The minimum absolute atomic E-state index is 0.162. The molecule has 1 aromatic rings. The van der Waals surface area contributed by atoms with Crippen LogP contribution in [0, 0.1) is 5.92 Å². The van der Waals surface area contributed by atoms with E-state index in [-0.39, 0.29) is 6.42 Å². The highest BCUT2D eigenvalue weighted by Crippen LogP contribution is 2.40. The van der Waals surface area contributed by atoms with Gasteiger partial charge < -0.3 is 14.7 Å². The second kappa shape index (κ2) is 6.02. The molecule has 1 aromatic carbocycles. The van der Waals surface area contributed by atoms with Crippen molar-refractivity contribution in [2.24, 2.45) is 5.92 Å². The first-order chi connectivity index (χ1) is 9.60. The largest absolute Gasteiger partial charge is 0.469 e. The standard InChI is InChI=1S/C14H17NO5/c1-19-13(16)10-8-11(14(17)20-2)15(18)12(10)9-6-4-3-5-7-9/h3-7,10-12,18H,8H2,1-2H3/t10-,11-,12+/m0/s1. The highest BCUT2D eigenvalue weighted by atomic mass is 16.5. The van der Waals surface area contributed by atoms with E-state index in [0.29, 0.717) is 0 Å². The molecular weight excluding hydrogens is 262 g/mol. The monoisotopic (exact) mass is 279 g/mol. The van der Waals surface area contributed by atoms with Crippen LogP contribution in [-0.2, 0) is 19.1 Å². The Morgan fingerprint density at radius 3 is 2.30 bits per heavy atom. The van der Waals surface area contributed by atoms with Crippen LogP contribution in [0.1, 0.15) is 18.0 Å². The number of hydrogen-bond donors (Lipinski definition) is 1. The van der Waals surface area contributed by atoms with Gasteiger partial charge in [-0.05, 0) is 12.0 Å². The summed E-state index contributed by atoms with van der Waals surface area (Å²) in [6.07, 6.45) is 0.162. The lowest BCUT2D eigenvalue weighted by Crippen LogP contribution is -2.36. The van der Waals surface area contributed by atoms with Gasteiger partial charge in [-0.15, -0.1) is 0 Å². The summed E-state index contributed by atoms with van der Waals surface area (Å²) >= 11 is 0. The van der Waals surface area contributed by atoms with E-state index in [2.05, 4.69) is 4.74 Å². The Kier molecular flexibility index (Phi) is 4.36. The van der Waals surface area contributed by atoms with E-state index in [0.717, 1.165) is 10.6 Å². The van der Waals surface area contributed by atoms with Gasteiger partial charge in [-0.2, -0.15) is 5.06 Å². The Balaban J connectivity index is 2.34. The summed E-state index contributed by atoms with van der Waals surface area (Å²) in [5.41, 5.74) is 0.747. The van der Waals surface area contributed by atoms with Crippen molar-refractivity contribution >= 4 is 11.9 Å². The van der Waals surface area contributed by atoms with Crippen LogP contribution in [0.2, 0.25) is 0 Å². The van der Waals surface area contributed by atoms with Gasteiger partial charge in [0.15, 0.2) is 0 Å². The molecule has 0 radical (unpaired) electrons. The molecule has 1 fully saturated rings. The van der Waals surface area contributed by atoms with Gasteiger partial charge in [0.25, 0.3) is 0 Å². The Bertz CT molecular complexity index is 490. The minimum atomic E-state index is -0.866. The van der Waals surface area contributed by atoms with E-state index in [4.69, 9.17) is 4.74 Å². The number of nitrogens with zero attached hydrogens (tertiary/aromatic N) is 1. The van der Waals surface area contributed by atoms with Gasteiger partial charge in [-0.25, -0.2) is 0 Å². The number of rotatable bonds is 3. The van der Waals surface area contributed by atoms with Crippen molar-refractivity contribution in [2.45, 2.75) is 18.5 Å². The topological polar surface area (TPSA) is 76.1 Å². The van der Waals surface area contributed by atoms with Crippen LogP contribution < -0.4 is 0 Å². The number of carbonyl (C=O) groups excluding carboxylic acids is 2. The third kappa shape index (κ3) is 2.52. The lowest BCUT2D eigenvalue weighted by atomic mass is 9.93. The molecule has 0 unspecified atom stereocenters. The average molecular weight is 279 g/mol. The average Bonchev–Trinajstić information content (AvgIpc) is 2.84. The van der Waals surface area contributed by atoms with Crippen LogP contribution in [0.5, 0.6) is 0 Å². The molecule has 0 amide bonds. The number of hydroxylamine groups is 2. The fourth-order valence-corrected chi connectivity index (χ4v) is 2.61. The van der Waals surface area contributed by atoms with Crippen molar-refractivity contribution in [3.05, 3.63) is 35.9 Å². The van der Waals surface area contributed by atoms with Crippen molar-refractivity contribution in [1.29, 1.82) is 0 Å². The van der Waals surface area contributed by atoms with Crippen molar-refractivity contribution in [3.63, 3.8) is 0 Å². The molecule has 6 heteroatoms. The van der Waals surface area contributed by atoms with Gasteiger partial charge >= 0.3 is 11.9 Å². The summed E-state index contributed by atoms with van der Waals surface area (Å²) in [5.74, 6) is -1.64. The first-order valence-corrected chi connectivity index (χ1v) is 6.28. The summed E-state index contributed by atoms with van der Waals surface area (Å²) in [4.78, 5) is 23.6. The highest BCUT2D eigenvalue weighted by Gasteiger charge is 2.49. The molecule has 6 nitrogen and oxygen atoms in total. The van der Waals surface area contributed by atoms with Crippen LogP contribution in [0.25, 0.3) is 0 Å². The van der Waals surface area contributed by atoms with E-state index in [1.54, 1.807) is 12.1 Å². The maximum absolute atomic E-state index is 11.9. The van der Waals surface area contributed by atoms with Gasteiger partial charge in [0.2, 0.25) is 0 Å². The fraction of sp³-hybridized carbons (Fsp3) is 0.429. The first-order valence-electron chi connectivity index (χ1n) is 6.28. The Morgan fingerprint density at radius 1 is 1.15 bits per heavy atom. The second-order valence-electron chi connectivity index (χ2n) is 4.64. The molecule has 0 aliphatic carbocycles. The van der Waals surface area contributed by atoms with Gasteiger partial charge in [-0.1, -0.05) is 30.3 Å². The maximum atomic E-state index is 11.9. The zero-order valence-electron chi connectivity index (χ0n) is 11.4. The third-order valence-corrected chi connectivity index (χ3v) is 3.58. The van der Waals surface area contributed by atoms with Gasteiger partial charge in [-0.3, -0.25) is 9.59 Å². The Morgan fingerprint density at radius 2 is 1.75 bits per heavy atom. The summed E-state index contributed by atoms with van der Waals surface area (Å²) in [7, 11) is 2.54. The van der Waals surface area contributed by atoms with Crippen molar-refractivity contribution in [3.8, 4) is 0 Å². The van der Waals surface area contributed by atoms with Crippen molar-refractivity contribution in [2.75, 3.05) is 14.2 Å². The number of carbonyl (C=O) groups is 2. The predicted molar refractivity (Wildman–Crippen MR) is 68.7 cm³/mol. The van der Waals surface area contributed by atoms with Crippen LogP contribution in [0.3, 0.4) is 0 Å². The van der Waals surface area contributed by atoms with Crippen molar-refractivity contribution < 1.29 is 24.3 Å². The number of esters is 2. The molecule has 1 N–H and O–H groups in total. The smallest absolute Gasteiger partial charge is 0.325 e. The second-order valence-corrected chi connectivity index (χ2v) is 4.64. The zero-order valence-corrected chi connectivity index (χ0v) is 11.4. The first kappa shape index (κ1) is 14.5. The molecule has 2 rings (SSSR count). The van der Waals surface area contributed by atoms with E-state index < -0.39 is 29.9 Å². The highest BCUT2D eigenvalue weighted by molar-refractivity contribution is 5.80. The fourth-order valence-electron chi connectivity index (χ4n) is 2.61. The minimum Gasteiger partial charge on any atom is -0.469 e. The summed E-state index contributed by atoms with van der Waals surface area (Å²) < 4.78 is 9.42. The van der Waals surface area contributed by atoms with Crippen LogP contribution in [-0.4, -0.2) is 42.5 Å². The Hall–Kier alpha value is -1.92. The van der Waals surface area contributed by atoms with Crippen molar-refractivity contribution in [1.82, 2.24) is 5.06 Å². The quantitative estimate of drug-likeness (QED) is 0.837. The predicted octanol–water partition coefficient (Wildman–Crippen LogP) is 1.15. The molecular formula is C14H17NO5. The zero-order chi connectivity index (χ0) is 14.7. The normalized spacial score (nSPS) is 26.2. The molecule has 1 aliphatic rings. The third-order valence-electron chi connectivity index (χ3n) is 3.58. The van der Waals surface area contributed by atoms with Crippen LogP contribution >= 0.6 is 0 Å². The molecule has 108 valence electrons. The maximum Gasteiger partial charge on any atom is 0.325 e. The molecule has 1 saturated heterocycles. The van der Waals surface area contributed by atoms with Crippen LogP contribution in [0.15, 0.2) is 30.3 Å². The summed E-state index contributed by atoms with van der Waals surface area (Å²) in [5, 5.41) is 11.1. The van der Waals surface area contributed by atoms with Gasteiger partial charge in [0, 0.05) is 0 Å².